The van der Waals surface area contributed by atoms with Gasteiger partial charge in [0.05, 0.1) is 28.4 Å². The van der Waals surface area contributed by atoms with Gasteiger partial charge in [-0.25, -0.2) is 0 Å². The maximum absolute atomic E-state index is 11.0. The SMILES string of the molecule is C[C@@H](N)c1ccc(Oc2ccc(C#N)cc2[N+](=O)[O-])cn1. The van der Waals surface area contributed by atoms with Crippen LogP contribution in [0.3, 0.4) is 0 Å². The van der Waals surface area contributed by atoms with Crippen molar-refractivity contribution < 1.29 is 9.66 Å². The highest BCUT2D eigenvalue weighted by Crippen LogP contribution is 2.31. The highest BCUT2D eigenvalue weighted by Gasteiger charge is 2.17. The smallest absolute Gasteiger partial charge is 0.312 e. The molecular weight excluding hydrogens is 272 g/mol. The second-order valence-electron chi connectivity index (χ2n) is 4.36. The van der Waals surface area contributed by atoms with Crippen LogP contribution >= 0.6 is 0 Å². The van der Waals surface area contributed by atoms with Crippen LogP contribution in [0.15, 0.2) is 36.5 Å². The Hall–Kier alpha value is -2.98. The molecule has 0 aliphatic rings. The van der Waals surface area contributed by atoms with Gasteiger partial charge in [0.2, 0.25) is 5.75 Å². The topological polar surface area (TPSA) is 115 Å². The van der Waals surface area contributed by atoms with Gasteiger partial charge in [-0.1, -0.05) is 0 Å². The second-order valence-corrected chi connectivity index (χ2v) is 4.36. The summed E-state index contributed by atoms with van der Waals surface area (Å²) >= 11 is 0. The fraction of sp³-hybridized carbons (Fsp3) is 0.143. The molecule has 2 rings (SSSR count). The number of rotatable bonds is 4. The van der Waals surface area contributed by atoms with Crippen molar-refractivity contribution in [2.45, 2.75) is 13.0 Å². The van der Waals surface area contributed by atoms with Crippen LogP contribution in [0.4, 0.5) is 5.69 Å². The van der Waals surface area contributed by atoms with Crippen LogP contribution in [0.2, 0.25) is 0 Å². The molecule has 1 heterocycles. The summed E-state index contributed by atoms with van der Waals surface area (Å²) in [5, 5.41) is 19.8. The molecule has 21 heavy (non-hydrogen) atoms. The lowest BCUT2D eigenvalue weighted by molar-refractivity contribution is -0.385. The first-order chi connectivity index (χ1) is 10.0. The average Bonchev–Trinajstić information content (AvgIpc) is 2.48. The zero-order valence-corrected chi connectivity index (χ0v) is 11.2. The van der Waals surface area contributed by atoms with E-state index in [0.29, 0.717) is 11.4 Å². The number of nitrogens with two attached hydrogens (primary N) is 1. The fourth-order valence-corrected chi connectivity index (χ4v) is 1.66. The molecule has 1 aromatic heterocycles. The Morgan fingerprint density at radius 1 is 1.43 bits per heavy atom. The van der Waals surface area contributed by atoms with Crippen LogP contribution in [0.1, 0.15) is 24.2 Å². The van der Waals surface area contributed by atoms with Crippen molar-refractivity contribution in [2.75, 3.05) is 0 Å². The van der Waals surface area contributed by atoms with Gasteiger partial charge >= 0.3 is 5.69 Å². The largest absolute Gasteiger partial charge is 0.449 e. The molecule has 0 radical (unpaired) electrons. The lowest BCUT2D eigenvalue weighted by Crippen LogP contribution is -2.06. The third kappa shape index (κ3) is 3.32. The molecule has 2 N–H and O–H groups in total. The van der Waals surface area contributed by atoms with Crippen molar-refractivity contribution in [1.29, 1.82) is 5.26 Å². The minimum Gasteiger partial charge on any atom is -0.449 e. The van der Waals surface area contributed by atoms with Gasteiger partial charge < -0.3 is 10.5 Å². The Balaban J connectivity index is 2.31. The summed E-state index contributed by atoms with van der Waals surface area (Å²) in [4.78, 5) is 14.5. The van der Waals surface area contributed by atoms with Crippen LogP contribution in [-0.4, -0.2) is 9.91 Å². The van der Waals surface area contributed by atoms with E-state index in [9.17, 15) is 10.1 Å². The highest BCUT2D eigenvalue weighted by atomic mass is 16.6. The van der Waals surface area contributed by atoms with Crippen LogP contribution in [0.5, 0.6) is 11.5 Å². The summed E-state index contributed by atoms with van der Waals surface area (Å²) in [5.41, 5.74) is 6.30. The summed E-state index contributed by atoms with van der Waals surface area (Å²) in [6.45, 7) is 1.80. The number of nitro benzene ring substituents is 1. The molecule has 7 nitrogen and oxygen atoms in total. The van der Waals surface area contributed by atoms with Gasteiger partial charge in [-0.05, 0) is 31.2 Å². The molecule has 0 saturated carbocycles. The number of pyridine rings is 1. The van der Waals surface area contributed by atoms with Gasteiger partial charge in [0.15, 0.2) is 0 Å². The Morgan fingerprint density at radius 3 is 2.71 bits per heavy atom. The van der Waals surface area contributed by atoms with Crippen LogP contribution < -0.4 is 10.5 Å². The Kier molecular flexibility index (Phi) is 4.11. The monoisotopic (exact) mass is 284 g/mol. The zero-order valence-electron chi connectivity index (χ0n) is 11.2. The van der Waals surface area contributed by atoms with Crippen molar-refractivity contribution in [1.82, 2.24) is 4.98 Å². The van der Waals surface area contributed by atoms with Crippen LogP contribution in [0.25, 0.3) is 0 Å². The molecule has 0 saturated heterocycles. The van der Waals surface area contributed by atoms with Crippen molar-refractivity contribution in [2.24, 2.45) is 5.73 Å². The molecule has 0 fully saturated rings. The normalized spacial score (nSPS) is 11.5. The van der Waals surface area contributed by atoms with Crippen molar-refractivity contribution in [3.63, 3.8) is 0 Å². The number of hydrogen-bond donors (Lipinski definition) is 1. The molecule has 0 aliphatic heterocycles. The summed E-state index contributed by atoms with van der Waals surface area (Å²) in [6.07, 6.45) is 1.45. The predicted molar refractivity (Wildman–Crippen MR) is 74.7 cm³/mol. The molecule has 7 heteroatoms. The molecular formula is C14H12N4O3. The standard InChI is InChI=1S/C14H12N4O3/c1-9(16)12-4-3-11(8-17-12)21-14-5-2-10(7-15)6-13(14)18(19)20/h2-6,8-9H,16H2,1H3/t9-/m1/s1. The van der Waals surface area contributed by atoms with E-state index >= 15 is 0 Å². The van der Waals surface area contributed by atoms with Crippen LogP contribution in [-0.2, 0) is 0 Å². The zero-order chi connectivity index (χ0) is 15.4. The van der Waals surface area contributed by atoms with E-state index in [1.807, 2.05) is 6.07 Å². The first-order valence-corrected chi connectivity index (χ1v) is 6.09. The minimum atomic E-state index is -0.597. The van der Waals surface area contributed by atoms with Gasteiger partial charge in [-0.3, -0.25) is 15.1 Å². The molecule has 1 atom stereocenters. The van der Waals surface area contributed by atoms with E-state index in [1.54, 1.807) is 19.1 Å². The van der Waals surface area contributed by atoms with Gasteiger partial charge in [-0.15, -0.1) is 0 Å². The quantitative estimate of drug-likeness (QED) is 0.681. The number of nitrogens with zero attached hydrogens (tertiary/aromatic N) is 3. The number of nitriles is 1. The minimum absolute atomic E-state index is 0.0503. The Labute approximate surface area is 120 Å². The molecule has 106 valence electrons. The van der Waals surface area contributed by atoms with E-state index in [-0.39, 0.29) is 23.0 Å². The highest BCUT2D eigenvalue weighted by molar-refractivity contribution is 5.53. The average molecular weight is 284 g/mol. The number of aromatic nitrogens is 1. The van der Waals surface area contributed by atoms with Gasteiger partial charge in [0.1, 0.15) is 5.75 Å². The number of ether oxygens (including phenoxy) is 1. The van der Waals surface area contributed by atoms with E-state index in [2.05, 4.69) is 4.98 Å². The van der Waals surface area contributed by atoms with Crippen molar-refractivity contribution in [3.8, 4) is 17.6 Å². The molecule has 0 unspecified atom stereocenters. The predicted octanol–water partition coefficient (Wildman–Crippen LogP) is 2.67. The van der Waals surface area contributed by atoms with Gasteiger partial charge in [0, 0.05) is 12.1 Å². The number of benzene rings is 1. The third-order valence-corrected chi connectivity index (χ3v) is 2.74. The second kappa shape index (κ2) is 5.98. The summed E-state index contributed by atoms with van der Waals surface area (Å²) < 4.78 is 5.45. The molecule has 2 aromatic rings. The van der Waals surface area contributed by atoms with Crippen molar-refractivity contribution >= 4 is 5.69 Å². The van der Waals surface area contributed by atoms with E-state index < -0.39 is 4.92 Å². The summed E-state index contributed by atoms with van der Waals surface area (Å²) in [7, 11) is 0. The fourth-order valence-electron chi connectivity index (χ4n) is 1.66. The first kappa shape index (κ1) is 14.4. The molecule has 0 aliphatic carbocycles. The van der Waals surface area contributed by atoms with Crippen molar-refractivity contribution in [3.05, 3.63) is 57.9 Å². The first-order valence-electron chi connectivity index (χ1n) is 6.09. The Morgan fingerprint density at radius 2 is 2.19 bits per heavy atom. The third-order valence-electron chi connectivity index (χ3n) is 2.74. The van der Waals surface area contributed by atoms with Gasteiger partial charge in [0.25, 0.3) is 0 Å². The van der Waals surface area contributed by atoms with Crippen LogP contribution in [0, 0.1) is 21.4 Å². The van der Waals surface area contributed by atoms with E-state index in [0.717, 1.165) is 0 Å². The van der Waals surface area contributed by atoms with Gasteiger partial charge in [-0.2, -0.15) is 5.26 Å². The number of hydrogen-bond acceptors (Lipinski definition) is 6. The summed E-state index contributed by atoms with van der Waals surface area (Å²) in [6, 6.07) is 8.97. The maximum atomic E-state index is 11.0. The maximum Gasteiger partial charge on any atom is 0.312 e. The summed E-state index contributed by atoms with van der Waals surface area (Å²) in [5.74, 6) is 0.404. The van der Waals surface area contributed by atoms with E-state index in [1.165, 1.54) is 24.4 Å². The molecule has 0 spiro atoms. The lowest BCUT2D eigenvalue weighted by atomic mass is 10.2. The Bertz CT molecular complexity index is 705. The number of nitro groups is 1. The molecule has 1 aromatic carbocycles. The molecule has 0 amide bonds. The van der Waals surface area contributed by atoms with E-state index in [4.69, 9.17) is 15.7 Å². The molecule has 0 bridgehead atoms. The lowest BCUT2D eigenvalue weighted by Gasteiger charge is -2.08.